The molecule has 1 aliphatic rings. The van der Waals surface area contributed by atoms with Crippen molar-refractivity contribution < 1.29 is 34.8 Å². The lowest BCUT2D eigenvalue weighted by Crippen LogP contribution is -2.60. The summed E-state index contributed by atoms with van der Waals surface area (Å²) < 4.78 is 10.3. The minimum absolute atomic E-state index is 0.160. The molecule has 1 aliphatic heterocycles. The van der Waals surface area contributed by atoms with Crippen molar-refractivity contribution in [3.8, 4) is 5.75 Å². The van der Waals surface area contributed by atoms with Crippen LogP contribution in [0.25, 0.3) is 0 Å². The topological polar surface area (TPSA) is 143 Å². The lowest BCUT2D eigenvalue weighted by Gasteiger charge is -2.39. The van der Waals surface area contributed by atoms with E-state index in [1.165, 1.54) is 24.3 Å². The van der Waals surface area contributed by atoms with Gasteiger partial charge in [0.05, 0.1) is 11.5 Å². The van der Waals surface area contributed by atoms with E-state index in [1.54, 1.807) is 0 Å². The molecule has 0 amide bonds. The summed E-state index contributed by atoms with van der Waals surface area (Å²) in [7, 11) is 0. The predicted octanol–water partition coefficient (Wildman–Crippen LogP) is -1.23. The van der Waals surface area contributed by atoms with Gasteiger partial charge in [0.1, 0.15) is 24.4 Å². The molecule has 1 aromatic carbocycles. The Morgan fingerprint density at radius 1 is 1.19 bits per heavy atom. The normalized spacial score (nSPS) is 32.7. The maximum atomic E-state index is 10.9. The lowest BCUT2D eigenvalue weighted by molar-refractivity contribution is -0.387. The molecule has 0 aromatic heterocycles. The molecule has 1 heterocycles. The fourth-order valence-electron chi connectivity index (χ4n) is 2.00. The van der Waals surface area contributed by atoms with Gasteiger partial charge in [-0.3, -0.25) is 10.1 Å². The van der Waals surface area contributed by atoms with Crippen LogP contribution in [-0.4, -0.2) is 62.7 Å². The second-order valence-electron chi connectivity index (χ2n) is 4.54. The van der Waals surface area contributed by atoms with Gasteiger partial charge in [0.2, 0.25) is 6.29 Å². The Bertz CT molecular complexity index is 508. The third kappa shape index (κ3) is 3.12. The Hall–Kier alpha value is -1.78. The Morgan fingerprint density at radius 3 is 2.48 bits per heavy atom. The first-order chi connectivity index (χ1) is 9.95. The van der Waals surface area contributed by atoms with Gasteiger partial charge in [0, 0.05) is 6.07 Å². The monoisotopic (exact) mass is 301 g/mol. The van der Waals surface area contributed by atoms with Gasteiger partial charge >= 0.3 is 5.69 Å². The number of benzene rings is 1. The number of aliphatic hydroxyl groups is 4. The SMILES string of the molecule is O=[N+]([O-])c1ccccc1O[C@@H]1OC(CO)[C@H](O)[C@H](O)[C@@H]1O. The first-order valence-electron chi connectivity index (χ1n) is 6.16. The van der Waals surface area contributed by atoms with Gasteiger partial charge in [0.15, 0.2) is 5.75 Å². The van der Waals surface area contributed by atoms with Gasteiger partial charge in [-0.1, -0.05) is 12.1 Å². The van der Waals surface area contributed by atoms with Gasteiger partial charge < -0.3 is 29.9 Å². The first-order valence-corrected chi connectivity index (χ1v) is 6.16. The van der Waals surface area contributed by atoms with E-state index in [4.69, 9.17) is 14.6 Å². The van der Waals surface area contributed by atoms with Gasteiger partial charge in [-0.2, -0.15) is 0 Å². The summed E-state index contributed by atoms with van der Waals surface area (Å²) in [5.74, 6) is -0.160. The van der Waals surface area contributed by atoms with Crippen LogP contribution in [0.15, 0.2) is 24.3 Å². The molecule has 4 N–H and O–H groups in total. The highest BCUT2D eigenvalue weighted by atomic mass is 16.7. The number of hydrogen-bond donors (Lipinski definition) is 4. The number of nitro groups is 1. The highest BCUT2D eigenvalue weighted by Crippen LogP contribution is 2.30. The zero-order valence-corrected chi connectivity index (χ0v) is 10.8. The van der Waals surface area contributed by atoms with Gasteiger partial charge in [-0.05, 0) is 6.07 Å². The molecule has 1 unspecified atom stereocenters. The number of aliphatic hydroxyl groups excluding tert-OH is 4. The van der Waals surface area contributed by atoms with Gasteiger partial charge in [0.25, 0.3) is 0 Å². The fraction of sp³-hybridized carbons (Fsp3) is 0.500. The molecule has 9 heteroatoms. The standard InChI is InChI=1S/C12H15NO8/c14-5-8-9(15)10(16)11(17)12(21-8)20-7-4-2-1-3-6(7)13(18)19/h1-4,8-12,14-17H,5H2/t8?,9-,10-,11-,12+/m0/s1. The van der Waals surface area contributed by atoms with Crippen molar-refractivity contribution in [2.45, 2.75) is 30.7 Å². The number of para-hydroxylation sites is 2. The van der Waals surface area contributed by atoms with Crippen molar-refractivity contribution in [2.24, 2.45) is 0 Å². The maximum absolute atomic E-state index is 10.9. The summed E-state index contributed by atoms with van der Waals surface area (Å²) in [5, 5.41) is 49.0. The smallest absolute Gasteiger partial charge is 0.311 e. The van der Waals surface area contributed by atoms with Crippen LogP contribution in [0.5, 0.6) is 5.75 Å². The molecule has 0 saturated carbocycles. The van der Waals surface area contributed by atoms with Crippen LogP contribution in [0.4, 0.5) is 5.69 Å². The summed E-state index contributed by atoms with van der Waals surface area (Å²) in [6, 6.07) is 5.45. The number of rotatable bonds is 4. The third-order valence-electron chi connectivity index (χ3n) is 3.15. The summed E-state index contributed by atoms with van der Waals surface area (Å²) in [5.41, 5.74) is -0.338. The quantitative estimate of drug-likeness (QED) is 0.400. The van der Waals surface area contributed by atoms with E-state index in [2.05, 4.69) is 0 Å². The summed E-state index contributed by atoms with van der Waals surface area (Å²) in [6.07, 6.45) is -7.35. The highest BCUT2D eigenvalue weighted by molar-refractivity contribution is 5.45. The molecule has 0 spiro atoms. The molecule has 0 radical (unpaired) electrons. The molecule has 1 aromatic rings. The molecule has 5 atom stereocenters. The largest absolute Gasteiger partial charge is 0.455 e. The predicted molar refractivity (Wildman–Crippen MR) is 67.5 cm³/mol. The van der Waals surface area contributed by atoms with Gasteiger partial charge in [-0.25, -0.2) is 0 Å². The molecule has 0 bridgehead atoms. The Morgan fingerprint density at radius 2 is 1.86 bits per heavy atom. The lowest BCUT2D eigenvalue weighted by atomic mass is 9.99. The molecule has 9 nitrogen and oxygen atoms in total. The van der Waals surface area contributed by atoms with E-state index >= 15 is 0 Å². The van der Waals surface area contributed by atoms with Crippen LogP contribution in [0.3, 0.4) is 0 Å². The zero-order chi connectivity index (χ0) is 15.6. The van der Waals surface area contributed by atoms with Crippen molar-refractivity contribution in [3.63, 3.8) is 0 Å². The summed E-state index contributed by atoms with van der Waals surface area (Å²) >= 11 is 0. The van der Waals surface area contributed by atoms with Crippen LogP contribution in [0.1, 0.15) is 0 Å². The minimum Gasteiger partial charge on any atom is -0.455 e. The van der Waals surface area contributed by atoms with Crippen molar-refractivity contribution in [3.05, 3.63) is 34.4 Å². The summed E-state index contributed by atoms with van der Waals surface area (Å²) in [6.45, 7) is -0.609. The number of ether oxygens (including phenoxy) is 2. The van der Waals surface area contributed by atoms with E-state index in [-0.39, 0.29) is 11.4 Å². The van der Waals surface area contributed by atoms with Crippen LogP contribution in [0, 0.1) is 10.1 Å². The fourth-order valence-corrected chi connectivity index (χ4v) is 2.00. The molecule has 2 rings (SSSR count). The van der Waals surface area contributed by atoms with E-state index < -0.39 is 42.2 Å². The summed E-state index contributed by atoms with van der Waals surface area (Å²) in [4.78, 5) is 10.2. The van der Waals surface area contributed by atoms with Crippen LogP contribution < -0.4 is 4.74 Å². The second-order valence-corrected chi connectivity index (χ2v) is 4.54. The van der Waals surface area contributed by atoms with Gasteiger partial charge in [-0.15, -0.1) is 0 Å². The van der Waals surface area contributed by atoms with Crippen LogP contribution >= 0.6 is 0 Å². The molecule has 1 saturated heterocycles. The van der Waals surface area contributed by atoms with Crippen molar-refractivity contribution >= 4 is 5.69 Å². The number of nitro benzene ring substituents is 1. The molecular weight excluding hydrogens is 286 g/mol. The van der Waals surface area contributed by atoms with E-state index in [0.717, 1.165) is 0 Å². The highest BCUT2D eigenvalue weighted by Gasteiger charge is 2.45. The molecule has 0 aliphatic carbocycles. The van der Waals surface area contributed by atoms with Crippen molar-refractivity contribution in [2.75, 3.05) is 6.61 Å². The number of hydrogen-bond acceptors (Lipinski definition) is 8. The Kier molecular flexibility index (Phi) is 4.70. The second kappa shape index (κ2) is 6.33. The van der Waals surface area contributed by atoms with E-state index in [9.17, 15) is 25.4 Å². The average Bonchev–Trinajstić information content (AvgIpc) is 2.48. The Labute approximate surface area is 119 Å². The minimum atomic E-state index is -1.62. The van der Waals surface area contributed by atoms with E-state index in [1.807, 2.05) is 0 Å². The maximum Gasteiger partial charge on any atom is 0.311 e. The molecule has 116 valence electrons. The van der Waals surface area contributed by atoms with Crippen molar-refractivity contribution in [1.29, 1.82) is 0 Å². The number of nitrogens with zero attached hydrogens (tertiary/aromatic N) is 1. The third-order valence-corrected chi connectivity index (χ3v) is 3.15. The van der Waals surface area contributed by atoms with Crippen LogP contribution in [-0.2, 0) is 4.74 Å². The zero-order valence-electron chi connectivity index (χ0n) is 10.8. The molecule has 1 fully saturated rings. The van der Waals surface area contributed by atoms with Crippen molar-refractivity contribution in [1.82, 2.24) is 0 Å². The molecular formula is C12H15NO8. The average molecular weight is 301 g/mol. The Balaban J connectivity index is 2.20. The first kappa shape index (κ1) is 15.6. The van der Waals surface area contributed by atoms with Crippen LogP contribution in [0.2, 0.25) is 0 Å². The van der Waals surface area contributed by atoms with E-state index in [0.29, 0.717) is 0 Å². The molecule has 21 heavy (non-hydrogen) atoms.